The molecule has 94 valence electrons. The second-order valence-electron chi connectivity index (χ2n) is 3.07. The van der Waals surface area contributed by atoms with Crippen LogP contribution in [0.2, 0.25) is 10.0 Å². The smallest absolute Gasteiger partial charge is 0.306 e. The summed E-state index contributed by atoms with van der Waals surface area (Å²) in [6, 6.07) is 1.78. The Labute approximate surface area is 104 Å². The first-order chi connectivity index (χ1) is 7.74. The number of carbonyl (C=O) groups excluding carboxylic acids is 1. The fraction of sp³-hybridized carbons (Fsp3) is 0.222. The van der Waals surface area contributed by atoms with Crippen LogP contribution in [0.15, 0.2) is 12.1 Å². The summed E-state index contributed by atoms with van der Waals surface area (Å²) < 4.78 is 49.4. The van der Waals surface area contributed by atoms with Crippen molar-refractivity contribution in [1.82, 2.24) is 0 Å². The van der Waals surface area contributed by atoms with Gasteiger partial charge in [0, 0.05) is 5.69 Å². The lowest BCUT2D eigenvalue weighted by atomic mass is 10.3. The molecule has 0 aromatic heterocycles. The Morgan fingerprint density at radius 1 is 1.24 bits per heavy atom. The van der Waals surface area contributed by atoms with Gasteiger partial charge in [0.15, 0.2) is 5.82 Å². The monoisotopic (exact) mass is 289 g/mol. The highest BCUT2D eigenvalue weighted by Gasteiger charge is 2.31. The van der Waals surface area contributed by atoms with Crippen molar-refractivity contribution in [3.05, 3.63) is 28.0 Å². The zero-order chi connectivity index (χ0) is 13.2. The summed E-state index contributed by atoms with van der Waals surface area (Å²) in [5, 5.41) is -0.914. The van der Waals surface area contributed by atoms with Gasteiger partial charge in [-0.15, -0.1) is 0 Å². The molecule has 0 fully saturated rings. The maximum atomic E-state index is 13.0. The van der Waals surface area contributed by atoms with Crippen molar-refractivity contribution in [3.63, 3.8) is 0 Å². The molecule has 0 aliphatic carbocycles. The number of alkyl halides is 3. The molecule has 8 heteroatoms. The summed E-state index contributed by atoms with van der Waals surface area (Å²) in [4.78, 5) is 10.9. The topological polar surface area (TPSA) is 20.3 Å². The summed E-state index contributed by atoms with van der Waals surface area (Å²) in [6.45, 7) is -1.51. The molecule has 1 aromatic rings. The van der Waals surface area contributed by atoms with Gasteiger partial charge in [0.25, 0.3) is 0 Å². The highest BCUT2D eigenvalue weighted by molar-refractivity contribution is 6.35. The second-order valence-corrected chi connectivity index (χ2v) is 3.89. The summed E-state index contributed by atoms with van der Waals surface area (Å²) in [5.74, 6) is -0.949. The molecule has 1 amide bonds. The SMILES string of the molecule is O=CN(CC(F)(F)F)c1cc(Cl)c(F)c(Cl)c1. The minimum absolute atomic E-state index is 0.0343. The molecule has 0 saturated heterocycles. The Hall–Kier alpha value is -1.01. The molecule has 0 bridgehead atoms. The van der Waals surface area contributed by atoms with Crippen LogP contribution in [0, 0.1) is 5.82 Å². The van der Waals surface area contributed by atoms with Gasteiger partial charge >= 0.3 is 6.18 Å². The van der Waals surface area contributed by atoms with E-state index in [0.717, 1.165) is 12.1 Å². The Kier molecular flexibility index (Phi) is 4.21. The number of amides is 1. The van der Waals surface area contributed by atoms with E-state index < -0.39 is 28.6 Å². The maximum absolute atomic E-state index is 13.0. The van der Waals surface area contributed by atoms with E-state index in [4.69, 9.17) is 23.2 Å². The first-order valence-electron chi connectivity index (χ1n) is 4.18. The Balaban J connectivity index is 3.09. The van der Waals surface area contributed by atoms with E-state index in [1.165, 1.54) is 0 Å². The highest BCUT2D eigenvalue weighted by Crippen LogP contribution is 2.30. The van der Waals surface area contributed by atoms with E-state index in [1.54, 1.807) is 0 Å². The number of carbonyl (C=O) groups is 1. The molecule has 2 nitrogen and oxygen atoms in total. The molecule has 0 heterocycles. The summed E-state index contributed by atoms with van der Waals surface area (Å²) in [6.07, 6.45) is -4.61. The normalized spacial score (nSPS) is 11.4. The van der Waals surface area contributed by atoms with Crippen LogP contribution in [-0.2, 0) is 4.79 Å². The highest BCUT2D eigenvalue weighted by atomic mass is 35.5. The van der Waals surface area contributed by atoms with Crippen LogP contribution < -0.4 is 4.90 Å². The number of hydrogen-bond acceptors (Lipinski definition) is 1. The standard InChI is InChI=1S/C9H5Cl2F4NO/c10-6-1-5(2-7(11)8(6)12)16(4-17)3-9(13,14)15/h1-2,4H,3H2. The van der Waals surface area contributed by atoms with Crippen LogP contribution in [0.4, 0.5) is 23.2 Å². The van der Waals surface area contributed by atoms with Gasteiger partial charge in [-0.25, -0.2) is 4.39 Å². The predicted molar refractivity (Wildman–Crippen MR) is 55.9 cm³/mol. The lowest BCUT2D eigenvalue weighted by Gasteiger charge is -2.19. The molecule has 1 rings (SSSR count). The van der Waals surface area contributed by atoms with Gasteiger partial charge in [0.1, 0.15) is 6.54 Å². The number of nitrogens with zero attached hydrogens (tertiary/aromatic N) is 1. The summed E-state index contributed by atoms with van der Waals surface area (Å²) in [7, 11) is 0. The van der Waals surface area contributed by atoms with E-state index in [-0.39, 0.29) is 12.1 Å². The van der Waals surface area contributed by atoms with Gasteiger partial charge in [-0.2, -0.15) is 13.2 Å². The number of halogens is 6. The molecule has 0 N–H and O–H groups in total. The van der Waals surface area contributed by atoms with Crippen LogP contribution in [0.5, 0.6) is 0 Å². The van der Waals surface area contributed by atoms with Gasteiger partial charge in [-0.05, 0) is 12.1 Å². The lowest BCUT2D eigenvalue weighted by Crippen LogP contribution is -2.33. The number of anilines is 1. The van der Waals surface area contributed by atoms with Crippen molar-refractivity contribution in [2.24, 2.45) is 0 Å². The van der Waals surface area contributed by atoms with Crippen molar-refractivity contribution in [1.29, 1.82) is 0 Å². The third-order valence-electron chi connectivity index (χ3n) is 1.78. The molecule has 0 aliphatic heterocycles. The molecule has 0 radical (unpaired) electrons. The largest absolute Gasteiger partial charge is 0.406 e. The van der Waals surface area contributed by atoms with Gasteiger partial charge in [-0.3, -0.25) is 4.79 Å². The quantitative estimate of drug-likeness (QED) is 0.472. The van der Waals surface area contributed by atoms with E-state index in [9.17, 15) is 22.4 Å². The average Bonchev–Trinajstić information content (AvgIpc) is 2.20. The Morgan fingerprint density at radius 2 is 1.71 bits per heavy atom. The lowest BCUT2D eigenvalue weighted by molar-refractivity contribution is -0.126. The molecular weight excluding hydrogens is 285 g/mol. The fourth-order valence-electron chi connectivity index (χ4n) is 1.09. The molecule has 1 aromatic carbocycles. The minimum atomic E-state index is -4.58. The third kappa shape index (κ3) is 3.74. The number of rotatable bonds is 3. The first kappa shape index (κ1) is 14.1. The molecule has 0 aliphatic rings. The van der Waals surface area contributed by atoms with Crippen LogP contribution in [0.1, 0.15) is 0 Å². The molecule has 0 unspecified atom stereocenters. The van der Waals surface area contributed by atoms with Crippen molar-refractivity contribution < 1.29 is 22.4 Å². The van der Waals surface area contributed by atoms with Gasteiger partial charge in [0.05, 0.1) is 10.0 Å². The number of hydrogen-bond donors (Lipinski definition) is 0. The van der Waals surface area contributed by atoms with Gasteiger partial charge in [0.2, 0.25) is 6.41 Å². The fourth-order valence-corrected chi connectivity index (χ4v) is 1.57. The van der Waals surface area contributed by atoms with E-state index in [1.807, 2.05) is 0 Å². The Morgan fingerprint density at radius 3 is 2.06 bits per heavy atom. The van der Waals surface area contributed by atoms with E-state index >= 15 is 0 Å². The predicted octanol–water partition coefficient (Wildman–Crippen LogP) is 3.66. The summed E-state index contributed by atoms with van der Waals surface area (Å²) >= 11 is 10.8. The summed E-state index contributed by atoms with van der Waals surface area (Å²) in [5.41, 5.74) is -0.228. The van der Waals surface area contributed by atoms with Gasteiger partial charge < -0.3 is 4.90 Å². The minimum Gasteiger partial charge on any atom is -0.306 e. The van der Waals surface area contributed by atoms with Crippen LogP contribution in [-0.4, -0.2) is 19.1 Å². The van der Waals surface area contributed by atoms with Crippen molar-refractivity contribution >= 4 is 35.3 Å². The van der Waals surface area contributed by atoms with Crippen LogP contribution >= 0.6 is 23.2 Å². The zero-order valence-electron chi connectivity index (χ0n) is 8.06. The molecule has 0 atom stereocenters. The molecule has 0 saturated carbocycles. The third-order valence-corrected chi connectivity index (χ3v) is 2.33. The Bertz CT molecular complexity index is 412. The molecule has 0 spiro atoms. The van der Waals surface area contributed by atoms with Crippen molar-refractivity contribution in [2.75, 3.05) is 11.4 Å². The van der Waals surface area contributed by atoms with Crippen molar-refractivity contribution in [3.8, 4) is 0 Å². The zero-order valence-corrected chi connectivity index (χ0v) is 9.57. The molecular formula is C9H5Cl2F4NO. The second kappa shape index (κ2) is 5.10. The molecule has 17 heavy (non-hydrogen) atoms. The first-order valence-corrected chi connectivity index (χ1v) is 4.93. The van der Waals surface area contributed by atoms with E-state index in [0.29, 0.717) is 4.90 Å². The number of benzene rings is 1. The van der Waals surface area contributed by atoms with Crippen LogP contribution in [0.25, 0.3) is 0 Å². The average molecular weight is 290 g/mol. The van der Waals surface area contributed by atoms with E-state index in [2.05, 4.69) is 0 Å². The van der Waals surface area contributed by atoms with Gasteiger partial charge in [-0.1, -0.05) is 23.2 Å². The van der Waals surface area contributed by atoms with Crippen molar-refractivity contribution in [2.45, 2.75) is 6.18 Å². The van der Waals surface area contributed by atoms with Crippen LogP contribution in [0.3, 0.4) is 0 Å². The maximum Gasteiger partial charge on any atom is 0.406 e.